The fraction of sp³-hybridized carbons (Fsp3) is 0.714. The summed E-state index contributed by atoms with van der Waals surface area (Å²) in [6, 6.07) is 0. The van der Waals surface area contributed by atoms with Crippen molar-refractivity contribution >= 4 is 17.4 Å². The SMILES string of the molecule is CC(C)(C)OC(=O)NC1(CNCc2cncs2)CCC1. The van der Waals surface area contributed by atoms with Crippen LogP contribution in [0.15, 0.2) is 11.7 Å². The smallest absolute Gasteiger partial charge is 0.408 e. The van der Waals surface area contributed by atoms with Gasteiger partial charge in [0.15, 0.2) is 0 Å². The lowest BCUT2D eigenvalue weighted by Crippen LogP contribution is -2.59. The molecule has 0 aliphatic heterocycles. The van der Waals surface area contributed by atoms with E-state index in [1.807, 2.05) is 32.5 Å². The maximum atomic E-state index is 11.9. The Bertz CT molecular complexity index is 436. The van der Waals surface area contributed by atoms with Crippen LogP contribution in [0.1, 0.15) is 44.9 Å². The lowest BCUT2D eigenvalue weighted by molar-refractivity contribution is 0.0382. The molecule has 0 aromatic carbocycles. The van der Waals surface area contributed by atoms with Crippen molar-refractivity contribution in [2.45, 2.75) is 57.7 Å². The van der Waals surface area contributed by atoms with E-state index in [1.54, 1.807) is 11.3 Å². The molecule has 1 amide bonds. The Kier molecular flexibility index (Phi) is 4.65. The minimum atomic E-state index is -0.453. The first-order chi connectivity index (χ1) is 9.39. The lowest BCUT2D eigenvalue weighted by Gasteiger charge is -2.42. The van der Waals surface area contributed by atoms with Gasteiger partial charge in [-0.3, -0.25) is 4.98 Å². The summed E-state index contributed by atoms with van der Waals surface area (Å²) in [6.45, 7) is 7.19. The van der Waals surface area contributed by atoms with E-state index in [2.05, 4.69) is 15.6 Å². The van der Waals surface area contributed by atoms with E-state index in [4.69, 9.17) is 4.74 Å². The van der Waals surface area contributed by atoms with Crippen LogP contribution in [0.5, 0.6) is 0 Å². The molecule has 1 aromatic rings. The van der Waals surface area contributed by atoms with E-state index in [9.17, 15) is 4.79 Å². The fourth-order valence-corrected chi connectivity index (χ4v) is 2.79. The van der Waals surface area contributed by atoms with Gasteiger partial charge in [-0.2, -0.15) is 0 Å². The molecule has 0 radical (unpaired) electrons. The second kappa shape index (κ2) is 6.10. The molecule has 6 heteroatoms. The second-order valence-electron chi connectivity index (χ2n) is 6.33. The largest absolute Gasteiger partial charge is 0.444 e. The average molecular weight is 297 g/mol. The summed E-state index contributed by atoms with van der Waals surface area (Å²) < 4.78 is 5.34. The van der Waals surface area contributed by atoms with Gasteiger partial charge in [-0.25, -0.2) is 4.79 Å². The highest BCUT2D eigenvalue weighted by Gasteiger charge is 2.39. The van der Waals surface area contributed by atoms with Gasteiger partial charge in [-0.1, -0.05) is 0 Å². The monoisotopic (exact) mass is 297 g/mol. The molecule has 1 fully saturated rings. The average Bonchev–Trinajstić information content (AvgIpc) is 2.75. The van der Waals surface area contributed by atoms with E-state index in [1.165, 1.54) is 4.88 Å². The third kappa shape index (κ3) is 4.45. The summed E-state index contributed by atoms with van der Waals surface area (Å²) in [5, 5.41) is 6.43. The van der Waals surface area contributed by atoms with Gasteiger partial charge in [0.05, 0.1) is 11.0 Å². The zero-order valence-electron chi connectivity index (χ0n) is 12.4. The minimum absolute atomic E-state index is 0.146. The van der Waals surface area contributed by atoms with Crippen molar-refractivity contribution in [1.29, 1.82) is 0 Å². The van der Waals surface area contributed by atoms with Gasteiger partial charge in [0.2, 0.25) is 0 Å². The molecule has 1 aromatic heterocycles. The molecule has 0 spiro atoms. The molecule has 5 nitrogen and oxygen atoms in total. The van der Waals surface area contributed by atoms with Gasteiger partial charge >= 0.3 is 6.09 Å². The van der Waals surface area contributed by atoms with Crippen LogP contribution in [0.25, 0.3) is 0 Å². The molecule has 2 N–H and O–H groups in total. The number of hydrogen-bond acceptors (Lipinski definition) is 5. The predicted octanol–water partition coefficient (Wildman–Crippen LogP) is 2.68. The van der Waals surface area contributed by atoms with Crippen molar-refractivity contribution in [1.82, 2.24) is 15.6 Å². The van der Waals surface area contributed by atoms with E-state index < -0.39 is 5.60 Å². The first-order valence-corrected chi connectivity index (χ1v) is 7.86. The van der Waals surface area contributed by atoms with Gasteiger partial charge in [-0.05, 0) is 40.0 Å². The number of rotatable bonds is 5. The molecule has 0 unspecified atom stereocenters. The number of nitrogens with one attached hydrogen (secondary N) is 2. The summed E-state index contributed by atoms with van der Waals surface area (Å²) in [7, 11) is 0. The molecule has 0 saturated heterocycles. The summed E-state index contributed by atoms with van der Waals surface area (Å²) in [4.78, 5) is 17.1. The quantitative estimate of drug-likeness (QED) is 0.877. The van der Waals surface area contributed by atoms with E-state index in [0.717, 1.165) is 32.4 Å². The van der Waals surface area contributed by atoms with Crippen molar-refractivity contribution in [2.24, 2.45) is 0 Å². The summed E-state index contributed by atoms with van der Waals surface area (Å²) in [6.07, 6.45) is 4.70. The third-order valence-electron chi connectivity index (χ3n) is 3.32. The van der Waals surface area contributed by atoms with Gasteiger partial charge in [0, 0.05) is 24.2 Å². The van der Waals surface area contributed by atoms with Crippen LogP contribution in [0.2, 0.25) is 0 Å². The minimum Gasteiger partial charge on any atom is -0.444 e. The Morgan fingerprint density at radius 3 is 2.75 bits per heavy atom. The number of aromatic nitrogens is 1. The van der Waals surface area contributed by atoms with Crippen molar-refractivity contribution in [3.63, 3.8) is 0 Å². The zero-order chi connectivity index (χ0) is 14.6. The molecular formula is C14H23N3O2S. The number of nitrogens with zero attached hydrogens (tertiary/aromatic N) is 1. The van der Waals surface area contributed by atoms with Gasteiger partial charge in [0.1, 0.15) is 5.60 Å². The van der Waals surface area contributed by atoms with Crippen LogP contribution in [0, 0.1) is 0 Å². The van der Waals surface area contributed by atoms with Crippen LogP contribution >= 0.6 is 11.3 Å². The lowest BCUT2D eigenvalue weighted by atomic mass is 9.76. The van der Waals surface area contributed by atoms with Crippen LogP contribution < -0.4 is 10.6 Å². The summed E-state index contributed by atoms with van der Waals surface area (Å²) in [5.41, 5.74) is 1.23. The number of carbonyl (C=O) groups excluding carboxylic acids is 1. The molecule has 1 heterocycles. The highest BCUT2D eigenvalue weighted by Crippen LogP contribution is 2.31. The molecule has 0 bridgehead atoms. The zero-order valence-corrected chi connectivity index (χ0v) is 13.2. The first-order valence-electron chi connectivity index (χ1n) is 6.98. The standard InChI is InChI=1S/C14H23N3O2S/c1-13(2,3)19-12(18)17-14(5-4-6-14)9-15-7-11-8-16-10-20-11/h8,10,15H,4-7,9H2,1-3H3,(H,17,18). The normalized spacial score (nSPS) is 17.4. The van der Waals surface area contributed by atoms with Crippen molar-refractivity contribution in [3.05, 3.63) is 16.6 Å². The van der Waals surface area contributed by atoms with Crippen LogP contribution in [-0.4, -0.2) is 28.8 Å². The fourth-order valence-electron chi connectivity index (χ4n) is 2.22. The topological polar surface area (TPSA) is 63.2 Å². The molecular weight excluding hydrogens is 274 g/mol. The Morgan fingerprint density at radius 2 is 2.25 bits per heavy atom. The van der Waals surface area contributed by atoms with Crippen molar-refractivity contribution in [2.75, 3.05) is 6.54 Å². The van der Waals surface area contributed by atoms with Gasteiger partial charge < -0.3 is 15.4 Å². The van der Waals surface area contributed by atoms with Crippen LogP contribution in [-0.2, 0) is 11.3 Å². The Balaban J connectivity index is 1.78. The summed E-state index contributed by atoms with van der Waals surface area (Å²) >= 11 is 1.64. The van der Waals surface area contributed by atoms with E-state index in [-0.39, 0.29) is 11.6 Å². The van der Waals surface area contributed by atoms with Crippen molar-refractivity contribution < 1.29 is 9.53 Å². The number of thiazole rings is 1. The second-order valence-corrected chi connectivity index (χ2v) is 7.30. The molecule has 1 saturated carbocycles. The number of carbonyl (C=O) groups is 1. The number of ether oxygens (including phenoxy) is 1. The predicted molar refractivity (Wildman–Crippen MR) is 79.8 cm³/mol. The number of hydrogen-bond donors (Lipinski definition) is 2. The highest BCUT2D eigenvalue weighted by molar-refractivity contribution is 7.09. The van der Waals surface area contributed by atoms with Gasteiger partial charge in [-0.15, -0.1) is 11.3 Å². The van der Waals surface area contributed by atoms with E-state index in [0.29, 0.717) is 0 Å². The summed E-state index contributed by atoms with van der Waals surface area (Å²) in [5.74, 6) is 0. The molecule has 1 aliphatic rings. The highest BCUT2D eigenvalue weighted by atomic mass is 32.1. The Morgan fingerprint density at radius 1 is 1.50 bits per heavy atom. The van der Waals surface area contributed by atoms with Crippen molar-refractivity contribution in [3.8, 4) is 0 Å². The Labute approximate surface area is 124 Å². The molecule has 0 atom stereocenters. The van der Waals surface area contributed by atoms with Crippen LogP contribution in [0.3, 0.4) is 0 Å². The third-order valence-corrected chi connectivity index (χ3v) is 4.10. The molecule has 1 aliphatic carbocycles. The Hall–Kier alpha value is -1.14. The molecule has 112 valence electrons. The number of alkyl carbamates (subject to hydrolysis) is 1. The van der Waals surface area contributed by atoms with Crippen LogP contribution in [0.4, 0.5) is 4.79 Å². The molecule has 20 heavy (non-hydrogen) atoms. The maximum Gasteiger partial charge on any atom is 0.408 e. The molecule has 2 rings (SSSR count). The van der Waals surface area contributed by atoms with Gasteiger partial charge in [0.25, 0.3) is 0 Å². The number of amides is 1. The first kappa shape index (κ1) is 15.3. The van der Waals surface area contributed by atoms with E-state index >= 15 is 0 Å². The maximum absolute atomic E-state index is 11.9.